The van der Waals surface area contributed by atoms with Gasteiger partial charge in [-0.15, -0.1) is 0 Å². The molecule has 4 rings (SSSR count). The van der Waals surface area contributed by atoms with E-state index in [-0.39, 0.29) is 18.3 Å². The van der Waals surface area contributed by atoms with E-state index in [9.17, 15) is 9.18 Å². The second-order valence-electron chi connectivity index (χ2n) is 7.45. The van der Waals surface area contributed by atoms with Crippen molar-refractivity contribution < 1.29 is 18.7 Å². The molecular weight excluding hydrogens is 510 g/mol. The molecule has 0 N–H and O–H groups in total. The van der Waals surface area contributed by atoms with Crippen LogP contribution < -0.4 is 9.47 Å². The highest BCUT2D eigenvalue weighted by Crippen LogP contribution is 2.40. The van der Waals surface area contributed by atoms with Gasteiger partial charge >= 0.3 is 0 Å². The van der Waals surface area contributed by atoms with Crippen molar-refractivity contribution in [1.29, 1.82) is 0 Å². The van der Waals surface area contributed by atoms with Crippen LogP contribution in [-0.2, 0) is 11.4 Å². The molecule has 0 spiro atoms. The van der Waals surface area contributed by atoms with E-state index in [1.165, 1.54) is 31.0 Å². The molecule has 1 amide bonds. The molecule has 1 aliphatic rings. The molecule has 0 saturated carbocycles. The summed E-state index contributed by atoms with van der Waals surface area (Å²) in [7, 11) is 1.52. The Hall–Kier alpha value is -3.00. The molecule has 180 valence electrons. The maximum Gasteiger partial charge on any atom is 0.266 e. The lowest BCUT2D eigenvalue weighted by molar-refractivity contribution is -0.122. The molecule has 1 saturated heterocycles. The van der Waals surface area contributed by atoms with Gasteiger partial charge in [0.15, 0.2) is 16.7 Å². The number of rotatable bonds is 7. The highest BCUT2D eigenvalue weighted by Gasteiger charge is 2.32. The van der Waals surface area contributed by atoms with Crippen molar-refractivity contribution in [2.24, 2.45) is 4.99 Å². The molecule has 0 atom stereocenters. The van der Waals surface area contributed by atoms with Gasteiger partial charge < -0.3 is 9.47 Å². The van der Waals surface area contributed by atoms with Crippen molar-refractivity contribution in [3.8, 4) is 11.5 Å². The number of aliphatic imine (C=N–C) groups is 1. The molecule has 9 heteroatoms. The number of thioether (sulfide) groups is 1. The van der Waals surface area contributed by atoms with Gasteiger partial charge in [-0.05, 0) is 72.8 Å². The molecule has 5 nitrogen and oxygen atoms in total. The van der Waals surface area contributed by atoms with Gasteiger partial charge in [-0.2, -0.15) is 0 Å². The van der Waals surface area contributed by atoms with E-state index in [0.29, 0.717) is 49.4 Å². The fourth-order valence-corrected chi connectivity index (χ4v) is 4.90. The number of benzene rings is 3. The van der Waals surface area contributed by atoms with Crippen LogP contribution in [0.3, 0.4) is 0 Å². The lowest BCUT2D eigenvalue weighted by Gasteiger charge is -2.14. The van der Waals surface area contributed by atoms with Crippen LogP contribution in [0.2, 0.25) is 10.0 Å². The highest BCUT2D eigenvalue weighted by molar-refractivity contribution is 8.18. The molecule has 0 radical (unpaired) electrons. The van der Waals surface area contributed by atoms with Crippen molar-refractivity contribution in [3.63, 3.8) is 0 Å². The zero-order valence-electron chi connectivity index (χ0n) is 18.9. The van der Waals surface area contributed by atoms with Crippen LogP contribution >= 0.6 is 35.0 Å². The van der Waals surface area contributed by atoms with Crippen LogP contribution in [0.15, 0.2) is 70.6 Å². The number of likely N-dealkylation sites (N-methyl/N-ethyl adjacent to an activating group) is 1. The van der Waals surface area contributed by atoms with E-state index in [1.54, 1.807) is 41.3 Å². The Bertz CT molecular complexity index is 1310. The normalized spacial score (nSPS) is 15.8. The summed E-state index contributed by atoms with van der Waals surface area (Å²) in [6, 6.07) is 16.6. The quantitative estimate of drug-likeness (QED) is 0.299. The van der Waals surface area contributed by atoms with E-state index in [0.717, 1.165) is 5.56 Å². The summed E-state index contributed by atoms with van der Waals surface area (Å²) in [4.78, 5) is 19.6. The summed E-state index contributed by atoms with van der Waals surface area (Å²) in [5.74, 6) is 0.296. The molecule has 1 aliphatic heterocycles. The number of carbonyl (C=O) groups is 1. The maximum atomic E-state index is 13.2. The summed E-state index contributed by atoms with van der Waals surface area (Å²) in [6.45, 7) is 2.54. The third-order valence-electron chi connectivity index (χ3n) is 5.14. The van der Waals surface area contributed by atoms with E-state index < -0.39 is 0 Å². The van der Waals surface area contributed by atoms with Gasteiger partial charge in [0.25, 0.3) is 5.91 Å². The fraction of sp³-hybridized carbons (Fsp3) is 0.154. The largest absolute Gasteiger partial charge is 0.493 e. The van der Waals surface area contributed by atoms with Crippen molar-refractivity contribution >= 4 is 57.8 Å². The zero-order chi connectivity index (χ0) is 24.9. The summed E-state index contributed by atoms with van der Waals surface area (Å²) >= 11 is 14.0. The van der Waals surface area contributed by atoms with Crippen LogP contribution in [0.4, 0.5) is 10.1 Å². The summed E-state index contributed by atoms with van der Waals surface area (Å²) in [6.07, 6.45) is 1.73. The van der Waals surface area contributed by atoms with Gasteiger partial charge in [0.1, 0.15) is 12.4 Å². The Labute approximate surface area is 217 Å². The SMILES string of the molecule is CCN1C(=O)/C(=C\c2cc(Cl)c(OCc3ccccc3Cl)c(OC)c2)SC1=Nc1ccc(F)cc1. The lowest BCUT2D eigenvalue weighted by Crippen LogP contribution is -2.28. The molecule has 1 fully saturated rings. The highest BCUT2D eigenvalue weighted by atomic mass is 35.5. The van der Waals surface area contributed by atoms with Crippen LogP contribution in [0.5, 0.6) is 11.5 Å². The molecule has 3 aromatic carbocycles. The lowest BCUT2D eigenvalue weighted by atomic mass is 10.1. The molecule has 3 aromatic rings. The van der Waals surface area contributed by atoms with Gasteiger partial charge in [-0.1, -0.05) is 41.4 Å². The Balaban J connectivity index is 1.59. The number of ether oxygens (including phenoxy) is 2. The van der Waals surface area contributed by atoms with E-state index >= 15 is 0 Å². The number of hydrogen-bond donors (Lipinski definition) is 0. The summed E-state index contributed by atoms with van der Waals surface area (Å²) in [5.41, 5.74) is 2.05. The standard InChI is InChI=1S/C26H21Cl2FN2O3S/c1-3-31-25(32)23(35-26(31)30-19-10-8-18(29)9-11-19)14-16-12-21(28)24(22(13-16)33-2)34-15-17-6-4-5-7-20(17)27/h4-14H,3,15H2,1-2H3/b23-14+,30-26?. The smallest absolute Gasteiger partial charge is 0.266 e. The molecule has 0 aromatic heterocycles. The fourth-order valence-electron chi connectivity index (χ4n) is 3.38. The molecule has 1 heterocycles. The number of amides is 1. The molecule has 0 aliphatic carbocycles. The summed E-state index contributed by atoms with van der Waals surface area (Å²) in [5, 5.41) is 1.46. The Morgan fingerprint density at radius 3 is 2.51 bits per heavy atom. The Morgan fingerprint density at radius 2 is 1.83 bits per heavy atom. The first-order valence-electron chi connectivity index (χ1n) is 10.7. The molecule has 0 bridgehead atoms. The predicted molar refractivity (Wildman–Crippen MR) is 140 cm³/mol. The topological polar surface area (TPSA) is 51.1 Å². The first-order chi connectivity index (χ1) is 16.9. The molecular formula is C26H21Cl2FN2O3S. The van der Waals surface area contributed by atoms with Gasteiger partial charge in [-0.3, -0.25) is 9.69 Å². The van der Waals surface area contributed by atoms with E-state index in [2.05, 4.69) is 4.99 Å². The first kappa shape index (κ1) is 25.1. The number of nitrogens with zero attached hydrogens (tertiary/aromatic N) is 2. The maximum absolute atomic E-state index is 13.2. The van der Waals surface area contributed by atoms with Crippen molar-refractivity contribution in [2.75, 3.05) is 13.7 Å². The van der Waals surface area contributed by atoms with Gasteiger partial charge in [-0.25, -0.2) is 9.38 Å². The van der Waals surface area contributed by atoms with Crippen molar-refractivity contribution in [1.82, 2.24) is 4.90 Å². The van der Waals surface area contributed by atoms with E-state index in [1.807, 2.05) is 25.1 Å². The van der Waals surface area contributed by atoms with Gasteiger partial charge in [0.2, 0.25) is 0 Å². The average molecular weight is 531 g/mol. The van der Waals surface area contributed by atoms with Crippen LogP contribution in [0, 0.1) is 5.82 Å². The third-order valence-corrected chi connectivity index (χ3v) is 6.79. The number of methoxy groups -OCH3 is 1. The number of halogens is 3. The molecule has 35 heavy (non-hydrogen) atoms. The van der Waals surface area contributed by atoms with Crippen LogP contribution in [0.1, 0.15) is 18.1 Å². The predicted octanol–water partition coefficient (Wildman–Crippen LogP) is 7.34. The number of carbonyl (C=O) groups excluding carboxylic acids is 1. The summed E-state index contributed by atoms with van der Waals surface area (Å²) < 4.78 is 24.6. The minimum atomic E-state index is -0.345. The monoisotopic (exact) mass is 530 g/mol. The van der Waals surface area contributed by atoms with Gasteiger partial charge in [0, 0.05) is 17.1 Å². The minimum absolute atomic E-state index is 0.174. The second kappa shape index (κ2) is 11.2. The van der Waals surface area contributed by atoms with Crippen LogP contribution in [0.25, 0.3) is 6.08 Å². The average Bonchev–Trinajstić information content (AvgIpc) is 3.14. The number of hydrogen-bond acceptors (Lipinski definition) is 5. The van der Waals surface area contributed by atoms with E-state index in [4.69, 9.17) is 32.7 Å². The third kappa shape index (κ3) is 5.81. The van der Waals surface area contributed by atoms with Gasteiger partial charge in [0.05, 0.1) is 22.7 Å². The molecule has 0 unspecified atom stereocenters. The Morgan fingerprint density at radius 1 is 1.09 bits per heavy atom. The Kier molecular flexibility index (Phi) is 8.00. The van der Waals surface area contributed by atoms with Crippen molar-refractivity contribution in [2.45, 2.75) is 13.5 Å². The second-order valence-corrected chi connectivity index (χ2v) is 9.27. The minimum Gasteiger partial charge on any atom is -0.493 e. The van der Waals surface area contributed by atoms with Crippen molar-refractivity contribution in [3.05, 3.63) is 92.6 Å². The van der Waals surface area contributed by atoms with Crippen LogP contribution in [-0.4, -0.2) is 29.6 Å². The number of amidine groups is 1. The first-order valence-corrected chi connectivity index (χ1v) is 12.3. The zero-order valence-corrected chi connectivity index (χ0v) is 21.3.